The van der Waals surface area contributed by atoms with E-state index in [1.54, 1.807) is 12.1 Å². The zero-order chi connectivity index (χ0) is 13.8. The Morgan fingerprint density at radius 1 is 1.37 bits per heavy atom. The molecule has 3 N–H and O–H groups in total. The SMILES string of the molecule is NC(=O)C1CNCCN1C(=O)Cc1ccc(F)cc1. The molecule has 0 aromatic heterocycles. The van der Waals surface area contributed by atoms with Gasteiger partial charge in [-0.15, -0.1) is 0 Å². The molecule has 0 bridgehead atoms. The van der Waals surface area contributed by atoms with Crippen LogP contribution in [0.1, 0.15) is 5.56 Å². The second-order valence-corrected chi connectivity index (χ2v) is 4.51. The number of hydrogen-bond donors (Lipinski definition) is 2. The summed E-state index contributed by atoms with van der Waals surface area (Å²) >= 11 is 0. The van der Waals surface area contributed by atoms with E-state index in [0.29, 0.717) is 25.2 Å². The number of halogens is 1. The fourth-order valence-corrected chi connectivity index (χ4v) is 2.14. The second kappa shape index (κ2) is 5.79. The number of carbonyl (C=O) groups excluding carboxylic acids is 2. The Hall–Kier alpha value is -1.95. The summed E-state index contributed by atoms with van der Waals surface area (Å²) in [5.74, 6) is -1.02. The summed E-state index contributed by atoms with van der Waals surface area (Å²) in [4.78, 5) is 25.0. The highest BCUT2D eigenvalue weighted by Crippen LogP contribution is 2.09. The van der Waals surface area contributed by atoms with E-state index in [1.807, 2.05) is 0 Å². The zero-order valence-electron chi connectivity index (χ0n) is 10.4. The predicted molar refractivity (Wildman–Crippen MR) is 67.7 cm³/mol. The van der Waals surface area contributed by atoms with Crippen molar-refractivity contribution in [2.75, 3.05) is 19.6 Å². The van der Waals surface area contributed by atoms with Gasteiger partial charge in [0.25, 0.3) is 0 Å². The first kappa shape index (κ1) is 13.5. The minimum atomic E-state index is -0.610. The highest BCUT2D eigenvalue weighted by atomic mass is 19.1. The summed E-state index contributed by atoms with van der Waals surface area (Å²) in [5, 5.41) is 3.03. The van der Waals surface area contributed by atoms with Crippen molar-refractivity contribution in [3.63, 3.8) is 0 Å². The number of nitrogens with zero attached hydrogens (tertiary/aromatic N) is 1. The smallest absolute Gasteiger partial charge is 0.241 e. The van der Waals surface area contributed by atoms with Crippen molar-refractivity contribution in [3.8, 4) is 0 Å². The molecule has 0 aliphatic carbocycles. The molecule has 2 rings (SSSR count). The van der Waals surface area contributed by atoms with Gasteiger partial charge in [-0.25, -0.2) is 4.39 Å². The van der Waals surface area contributed by atoms with Crippen LogP contribution in [-0.4, -0.2) is 42.4 Å². The summed E-state index contributed by atoms with van der Waals surface area (Å²) in [6, 6.07) is 5.14. The first-order chi connectivity index (χ1) is 9.08. The molecule has 1 unspecified atom stereocenters. The van der Waals surface area contributed by atoms with Gasteiger partial charge in [0.15, 0.2) is 0 Å². The van der Waals surface area contributed by atoms with Crippen LogP contribution in [0, 0.1) is 5.82 Å². The number of piperazine rings is 1. The van der Waals surface area contributed by atoms with Crippen molar-refractivity contribution in [3.05, 3.63) is 35.6 Å². The van der Waals surface area contributed by atoms with E-state index in [0.717, 1.165) is 0 Å². The molecule has 1 heterocycles. The Kier molecular flexibility index (Phi) is 4.11. The van der Waals surface area contributed by atoms with Gasteiger partial charge in [0.05, 0.1) is 6.42 Å². The molecular weight excluding hydrogens is 249 g/mol. The van der Waals surface area contributed by atoms with Crippen molar-refractivity contribution in [1.82, 2.24) is 10.2 Å². The fraction of sp³-hybridized carbons (Fsp3) is 0.385. The third kappa shape index (κ3) is 3.29. The summed E-state index contributed by atoms with van der Waals surface area (Å²) in [6.45, 7) is 1.47. The Morgan fingerprint density at radius 3 is 2.68 bits per heavy atom. The number of rotatable bonds is 3. The van der Waals surface area contributed by atoms with Gasteiger partial charge in [0, 0.05) is 19.6 Å². The van der Waals surface area contributed by atoms with Gasteiger partial charge in [-0.1, -0.05) is 12.1 Å². The first-order valence-electron chi connectivity index (χ1n) is 6.12. The van der Waals surface area contributed by atoms with Crippen molar-refractivity contribution in [1.29, 1.82) is 0 Å². The van der Waals surface area contributed by atoms with Crippen molar-refractivity contribution in [2.24, 2.45) is 5.73 Å². The maximum atomic E-state index is 12.8. The highest BCUT2D eigenvalue weighted by molar-refractivity contribution is 5.88. The lowest BCUT2D eigenvalue weighted by molar-refractivity contribution is -0.139. The Bertz CT molecular complexity index is 475. The summed E-state index contributed by atoms with van der Waals surface area (Å²) in [7, 11) is 0. The zero-order valence-corrected chi connectivity index (χ0v) is 10.4. The molecule has 5 nitrogen and oxygen atoms in total. The van der Waals surface area contributed by atoms with E-state index < -0.39 is 11.9 Å². The molecule has 0 radical (unpaired) electrons. The van der Waals surface area contributed by atoms with Gasteiger partial charge in [-0.3, -0.25) is 9.59 Å². The Balaban J connectivity index is 2.05. The minimum Gasteiger partial charge on any atom is -0.368 e. The minimum absolute atomic E-state index is 0.143. The summed E-state index contributed by atoms with van der Waals surface area (Å²) in [6.07, 6.45) is 0.143. The number of hydrogen-bond acceptors (Lipinski definition) is 3. The van der Waals surface area contributed by atoms with Crippen LogP contribution in [0.3, 0.4) is 0 Å². The third-order valence-electron chi connectivity index (χ3n) is 3.16. The van der Waals surface area contributed by atoms with Crippen LogP contribution < -0.4 is 11.1 Å². The van der Waals surface area contributed by atoms with Gasteiger partial charge < -0.3 is 16.0 Å². The van der Waals surface area contributed by atoms with Crippen LogP contribution in [0.15, 0.2) is 24.3 Å². The van der Waals surface area contributed by atoms with E-state index in [4.69, 9.17) is 5.73 Å². The molecular formula is C13H16FN3O2. The lowest BCUT2D eigenvalue weighted by Gasteiger charge is -2.34. The van der Waals surface area contributed by atoms with Crippen LogP contribution in [0.25, 0.3) is 0 Å². The van der Waals surface area contributed by atoms with Gasteiger partial charge in [0.2, 0.25) is 11.8 Å². The molecule has 0 spiro atoms. The topological polar surface area (TPSA) is 75.4 Å². The van der Waals surface area contributed by atoms with Crippen LogP contribution >= 0.6 is 0 Å². The predicted octanol–water partition coefficient (Wildman–Crippen LogP) is -0.346. The number of amides is 2. The van der Waals surface area contributed by atoms with Crippen molar-refractivity contribution in [2.45, 2.75) is 12.5 Å². The average molecular weight is 265 g/mol. The number of primary amides is 1. The normalized spacial score (nSPS) is 19.2. The number of nitrogens with two attached hydrogens (primary N) is 1. The maximum Gasteiger partial charge on any atom is 0.241 e. The molecule has 1 aromatic rings. The molecule has 102 valence electrons. The first-order valence-corrected chi connectivity index (χ1v) is 6.12. The molecule has 0 saturated carbocycles. The molecule has 19 heavy (non-hydrogen) atoms. The highest BCUT2D eigenvalue weighted by Gasteiger charge is 2.30. The Labute approximate surface area is 110 Å². The number of carbonyl (C=O) groups is 2. The van der Waals surface area contributed by atoms with Gasteiger partial charge in [-0.2, -0.15) is 0 Å². The molecule has 1 aliphatic heterocycles. The fourth-order valence-electron chi connectivity index (χ4n) is 2.14. The lowest BCUT2D eigenvalue weighted by Crippen LogP contribution is -2.59. The Morgan fingerprint density at radius 2 is 2.05 bits per heavy atom. The third-order valence-corrected chi connectivity index (χ3v) is 3.16. The van der Waals surface area contributed by atoms with E-state index in [1.165, 1.54) is 17.0 Å². The molecule has 2 amide bonds. The van der Waals surface area contributed by atoms with Crippen molar-refractivity contribution < 1.29 is 14.0 Å². The maximum absolute atomic E-state index is 12.8. The van der Waals surface area contributed by atoms with Gasteiger partial charge in [0.1, 0.15) is 11.9 Å². The van der Waals surface area contributed by atoms with Crippen LogP contribution in [-0.2, 0) is 16.0 Å². The molecule has 1 saturated heterocycles. The average Bonchev–Trinajstić information content (AvgIpc) is 2.41. The lowest BCUT2D eigenvalue weighted by atomic mass is 10.1. The quantitative estimate of drug-likeness (QED) is 0.784. The second-order valence-electron chi connectivity index (χ2n) is 4.51. The van der Waals surface area contributed by atoms with E-state index >= 15 is 0 Å². The molecule has 1 atom stereocenters. The molecule has 1 fully saturated rings. The van der Waals surface area contributed by atoms with E-state index in [-0.39, 0.29) is 18.1 Å². The molecule has 1 aliphatic rings. The summed E-state index contributed by atoms with van der Waals surface area (Å²) < 4.78 is 12.8. The van der Waals surface area contributed by atoms with E-state index in [2.05, 4.69) is 5.32 Å². The molecule has 6 heteroatoms. The number of benzene rings is 1. The monoisotopic (exact) mass is 265 g/mol. The van der Waals surface area contributed by atoms with Gasteiger partial charge >= 0.3 is 0 Å². The van der Waals surface area contributed by atoms with Crippen LogP contribution in [0.4, 0.5) is 4.39 Å². The van der Waals surface area contributed by atoms with Crippen molar-refractivity contribution >= 4 is 11.8 Å². The van der Waals surface area contributed by atoms with Crippen LogP contribution in [0.5, 0.6) is 0 Å². The van der Waals surface area contributed by atoms with Gasteiger partial charge in [-0.05, 0) is 17.7 Å². The standard InChI is InChI=1S/C13H16FN3O2/c14-10-3-1-9(2-4-10)7-12(18)17-6-5-16-8-11(17)13(15)19/h1-4,11,16H,5-8H2,(H2,15,19). The van der Waals surface area contributed by atoms with Crippen LogP contribution in [0.2, 0.25) is 0 Å². The van der Waals surface area contributed by atoms with E-state index in [9.17, 15) is 14.0 Å². The number of nitrogens with one attached hydrogen (secondary N) is 1. The summed E-state index contributed by atoms with van der Waals surface area (Å²) in [5.41, 5.74) is 6.00. The molecule has 1 aromatic carbocycles. The largest absolute Gasteiger partial charge is 0.368 e.